The maximum atomic E-state index is 13.2. The van der Waals surface area contributed by atoms with E-state index >= 15 is 0 Å². The largest absolute Gasteiger partial charge is 0.490 e. The quantitative estimate of drug-likeness (QED) is 0.364. The van der Waals surface area contributed by atoms with Crippen molar-refractivity contribution in [2.24, 2.45) is 0 Å². The van der Waals surface area contributed by atoms with Crippen LogP contribution in [0.25, 0.3) is 21.8 Å². The number of piperidine rings is 1. The number of aromatic nitrogens is 4. The third kappa shape index (κ3) is 4.49. The van der Waals surface area contributed by atoms with Crippen molar-refractivity contribution in [2.75, 3.05) is 31.2 Å². The standard InChI is InChI=1S/C25H25Cl2N5O4/c1-3-35-20-12-16-19(13-21(20)36-4-2)28-24(27)30-22(16)31-9-7-15(8-10-31)32-23(33)17-11-14(26)5-6-18(17)29-25(32)34/h5-6,11-13,15H,3-4,7-10H2,1-2H3,(H,29,34). The maximum absolute atomic E-state index is 13.2. The number of anilines is 1. The molecule has 0 bridgehead atoms. The molecule has 1 fully saturated rings. The van der Waals surface area contributed by atoms with Crippen molar-refractivity contribution < 1.29 is 9.47 Å². The van der Waals surface area contributed by atoms with Crippen LogP contribution in [0.2, 0.25) is 10.3 Å². The average molecular weight is 530 g/mol. The molecule has 0 atom stereocenters. The van der Waals surface area contributed by atoms with Crippen LogP contribution in [-0.4, -0.2) is 45.8 Å². The normalized spacial score (nSPS) is 14.5. The second-order valence-corrected chi connectivity index (χ2v) is 9.29. The Hall–Kier alpha value is -3.30. The van der Waals surface area contributed by atoms with Crippen LogP contribution in [0.3, 0.4) is 0 Å². The molecule has 4 aromatic rings. The van der Waals surface area contributed by atoms with E-state index in [4.69, 9.17) is 32.7 Å². The maximum Gasteiger partial charge on any atom is 0.329 e. The Morgan fingerprint density at radius 1 is 0.972 bits per heavy atom. The third-order valence-electron chi connectivity index (χ3n) is 6.33. The summed E-state index contributed by atoms with van der Waals surface area (Å²) in [4.78, 5) is 39.8. The van der Waals surface area contributed by atoms with Crippen LogP contribution >= 0.6 is 23.2 Å². The van der Waals surface area contributed by atoms with Gasteiger partial charge in [-0.05, 0) is 62.6 Å². The summed E-state index contributed by atoms with van der Waals surface area (Å²) in [5.74, 6) is 1.89. The molecule has 2 aromatic carbocycles. The number of aromatic amines is 1. The lowest BCUT2D eigenvalue weighted by Gasteiger charge is -2.33. The molecule has 0 saturated carbocycles. The summed E-state index contributed by atoms with van der Waals surface area (Å²) < 4.78 is 12.8. The fourth-order valence-corrected chi connectivity index (χ4v) is 5.08. The Labute approximate surface area is 216 Å². The van der Waals surface area contributed by atoms with Gasteiger partial charge in [0.15, 0.2) is 11.5 Å². The first-order valence-electron chi connectivity index (χ1n) is 11.9. The molecular formula is C25H25Cl2N5O4. The number of hydrogen-bond acceptors (Lipinski definition) is 7. The fraction of sp³-hybridized carbons (Fsp3) is 0.360. The fourth-order valence-electron chi connectivity index (χ4n) is 4.74. The van der Waals surface area contributed by atoms with Crippen LogP contribution in [0.1, 0.15) is 32.7 Å². The van der Waals surface area contributed by atoms with Crippen molar-refractivity contribution in [3.8, 4) is 11.5 Å². The third-order valence-corrected chi connectivity index (χ3v) is 6.74. The van der Waals surface area contributed by atoms with Gasteiger partial charge in [-0.3, -0.25) is 9.36 Å². The predicted octanol–water partition coefficient (Wildman–Crippen LogP) is 4.58. The lowest BCUT2D eigenvalue weighted by atomic mass is 10.0. The van der Waals surface area contributed by atoms with Gasteiger partial charge in [-0.2, -0.15) is 4.98 Å². The second kappa shape index (κ2) is 9.99. The Morgan fingerprint density at radius 2 is 1.67 bits per heavy atom. The van der Waals surface area contributed by atoms with E-state index < -0.39 is 5.69 Å². The lowest BCUT2D eigenvalue weighted by molar-refractivity contribution is 0.288. The van der Waals surface area contributed by atoms with Gasteiger partial charge in [-0.15, -0.1) is 0 Å². The minimum Gasteiger partial charge on any atom is -0.490 e. The van der Waals surface area contributed by atoms with Gasteiger partial charge < -0.3 is 19.4 Å². The summed E-state index contributed by atoms with van der Waals surface area (Å²) in [7, 11) is 0. The van der Waals surface area contributed by atoms with Gasteiger partial charge in [0, 0.05) is 35.6 Å². The Kier molecular flexibility index (Phi) is 6.77. The number of rotatable bonds is 6. The Morgan fingerprint density at radius 3 is 2.36 bits per heavy atom. The molecule has 1 aliphatic heterocycles. The lowest BCUT2D eigenvalue weighted by Crippen LogP contribution is -2.43. The molecule has 0 unspecified atom stereocenters. The molecule has 3 heterocycles. The van der Waals surface area contributed by atoms with Crippen LogP contribution in [0.5, 0.6) is 11.5 Å². The molecule has 5 rings (SSSR count). The van der Waals surface area contributed by atoms with E-state index in [1.54, 1.807) is 18.2 Å². The number of H-pyrrole nitrogens is 1. The minimum atomic E-state index is -0.423. The Balaban J connectivity index is 1.48. The van der Waals surface area contributed by atoms with E-state index in [-0.39, 0.29) is 16.9 Å². The molecule has 11 heteroatoms. The predicted molar refractivity (Wildman–Crippen MR) is 141 cm³/mol. The number of benzene rings is 2. The molecule has 0 spiro atoms. The van der Waals surface area contributed by atoms with Crippen molar-refractivity contribution in [1.82, 2.24) is 19.5 Å². The molecule has 9 nitrogen and oxygen atoms in total. The van der Waals surface area contributed by atoms with Gasteiger partial charge in [0.05, 0.1) is 29.6 Å². The van der Waals surface area contributed by atoms with Gasteiger partial charge >= 0.3 is 5.69 Å². The zero-order valence-electron chi connectivity index (χ0n) is 19.9. The highest BCUT2D eigenvalue weighted by atomic mass is 35.5. The summed E-state index contributed by atoms with van der Waals surface area (Å²) in [5, 5.41) is 1.76. The molecule has 1 aliphatic rings. The van der Waals surface area contributed by atoms with Gasteiger partial charge in [-0.25, -0.2) is 9.78 Å². The molecular weight excluding hydrogens is 505 g/mol. The minimum absolute atomic E-state index is 0.130. The van der Waals surface area contributed by atoms with Gasteiger partial charge in [0.1, 0.15) is 5.82 Å². The molecule has 1 N–H and O–H groups in total. The van der Waals surface area contributed by atoms with Crippen LogP contribution < -0.4 is 25.6 Å². The first kappa shape index (κ1) is 24.4. The van der Waals surface area contributed by atoms with Crippen molar-refractivity contribution in [3.05, 3.63) is 61.5 Å². The van der Waals surface area contributed by atoms with E-state index in [0.717, 1.165) is 5.39 Å². The van der Waals surface area contributed by atoms with Gasteiger partial charge in [0.2, 0.25) is 5.28 Å². The smallest absolute Gasteiger partial charge is 0.329 e. The first-order chi connectivity index (χ1) is 17.4. The summed E-state index contributed by atoms with van der Waals surface area (Å²) in [6.07, 6.45) is 1.15. The number of nitrogens with zero attached hydrogens (tertiary/aromatic N) is 4. The Bertz CT molecular complexity index is 1560. The van der Waals surface area contributed by atoms with E-state index in [1.807, 2.05) is 26.0 Å². The van der Waals surface area contributed by atoms with Crippen molar-refractivity contribution in [2.45, 2.75) is 32.7 Å². The SMILES string of the molecule is CCOc1cc2nc(Cl)nc(N3CCC(n4c(=O)[nH]c5ccc(Cl)cc5c4=O)CC3)c2cc1OCC. The summed E-state index contributed by atoms with van der Waals surface area (Å²) in [6, 6.07) is 8.31. The van der Waals surface area contributed by atoms with E-state index in [2.05, 4.69) is 19.9 Å². The highest BCUT2D eigenvalue weighted by Gasteiger charge is 2.26. The van der Waals surface area contributed by atoms with Crippen LogP contribution in [0.15, 0.2) is 39.9 Å². The van der Waals surface area contributed by atoms with Gasteiger partial charge in [-0.1, -0.05) is 11.6 Å². The van der Waals surface area contributed by atoms with Crippen LogP contribution in [-0.2, 0) is 0 Å². The molecule has 1 saturated heterocycles. The second-order valence-electron chi connectivity index (χ2n) is 8.51. The molecule has 36 heavy (non-hydrogen) atoms. The van der Waals surface area contributed by atoms with Crippen molar-refractivity contribution in [1.29, 1.82) is 0 Å². The zero-order chi connectivity index (χ0) is 25.4. The number of ether oxygens (including phenoxy) is 2. The number of hydrogen-bond donors (Lipinski definition) is 1. The topological polar surface area (TPSA) is 102 Å². The highest BCUT2D eigenvalue weighted by Crippen LogP contribution is 2.37. The molecule has 0 amide bonds. The molecule has 0 aliphatic carbocycles. The number of nitrogens with one attached hydrogen (secondary N) is 1. The average Bonchev–Trinajstić information content (AvgIpc) is 2.85. The highest BCUT2D eigenvalue weighted by molar-refractivity contribution is 6.31. The van der Waals surface area contributed by atoms with Crippen LogP contribution in [0.4, 0.5) is 5.82 Å². The monoisotopic (exact) mass is 529 g/mol. The van der Waals surface area contributed by atoms with E-state index in [1.165, 1.54) is 4.57 Å². The summed E-state index contributed by atoms with van der Waals surface area (Å²) in [5.41, 5.74) is 0.364. The summed E-state index contributed by atoms with van der Waals surface area (Å²) >= 11 is 12.4. The first-order valence-corrected chi connectivity index (χ1v) is 12.6. The molecule has 0 radical (unpaired) electrons. The number of halogens is 2. The van der Waals surface area contributed by atoms with E-state index in [9.17, 15) is 9.59 Å². The summed E-state index contributed by atoms with van der Waals surface area (Å²) in [6.45, 7) is 5.94. The van der Waals surface area contributed by atoms with Crippen molar-refractivity contribution >= 4 is 50.8 Å². The van der Waals surface area contributed by atoms with E-state index in [0.29, 0.717) is 77.9 Å². The van der Waals surface area contributed by atoms with Crippen LogP contribution in [0, 0.1) is 0 Å². The zero-order valence-corrected chi connectivity index (χ0v) is 21.4. The van der Waals surface area contributed by atoms with Crippen molar-refractivity contribution in [3.63, 3.8) is 0 Å². The molecule has 2 aromatic heterocycles. The van der Waals surface area contributed by atoms with Gasteiger partial charge in [0.25, 0.3) is 5.56 Å². The number of fused-ring (bicyclic) bond motifs is 2. The molecule has 188 valence electrons.